The summed E-state index contributed by atoms with van der Waals surface area (Å²) in [4.78, 5) is 15.4. The number of ether oxygens (including phenoxy) is 1. The van der Waals surface area contributed by atoms with Gasteiger partial charge in [0.05, 0.1) is 11.3 Å². The van der Waals surface area contributed by atoms with E-state index < -0.39 is 0 Å². The second kappa shape index (κ2) is 6.48. The molecule has 0 aliphatic rings. The van der Waals surface area contributed by atoms with Crippen LogP contribution in [0.15, 0.2) is 42.6 Å². The van der Waals surface area contributed by atoms with Gasteiger partial charge in [0, 0.05) is 9.77 Å². The van der Waals surface area contributed by atoms with E-state index >= 15 is 0 Å². The highest BCUT2D eigenvalue weighted by Crippen LogP contribution is 2.16. The summed E-state index contributed by atoms with van der Waals surface area (Å²) in [5, 5.41) is 0. The third-order valence-corrected chi connectivity index (χ3v) is 3.07. The molecule has 2 aromatic rings. The minimum absolute atomic E-state index is 0.352. The second-order valence-electron chi connectivity index (χ2n) is 3.76. The van der Waals surface area contributed by atoms with Gasteiger partial charge < -0.3 is 4.74 Å². The molecule has 0 atom stereocenters. The van der Waals surface area contributed by atoms with Crippen molar-refractivity contribution in [3.8, 4) is 5.75 Å². The van der Waals surface area contributed by atoms with Gasteiger partial charge in [0.2, 0.25) is 0 Å². The molecule has 0 saturated heterocycles. The van der Waals surface area contributed by atoms with E-state index in [1.165, 1.54) is 6.20 Å². The maximum atomic E-state index is 11.2. The van der Waals surface area contributed by atoms with E-state index in [0.717, 1.165) is 15.0 Å². The Morgan fingerprint density at radius 3 is 2.84 bits per heavy atom. The first-order chi connectivity index (χ1) is 9.19. The zero-order chi connectivity index (χ0) is 13.7. The van der Waals surface area contributed by atoms with Crippen LogP contribution in [-0.2, 0) is 6.61 Å². The lowest BCUT2D eigenvalue weighted by Crippen LogP contribution is -2.30. The Labute approximate surface area is 124 Å². The number of carbonyl (C=O) groups excluding carboxylic acids is 1. The van der Waals surface area contributed by atoms with Gasteiger partial charge in [0.15, 0.2) is 0 Å². The van der Waals surface area contributed by atoms with Crippen molar-refractivity contribution < 1.29 is 9.53 Å². The zero-order valence-electron chi connectivity index (χ0n) is 9.97. The molecule has 0 fully saturated rings. The minimum Gasteiger partial charge on any atom is -0.487 e. The smallest absolute Gasteiger partial charge is 0.266 e. The first-order valence-electron chi connectivity index (χ1n) is 5.53. The number of pyridine rings is 1. The number of benzene rings is 1. The molecule has 0 radical (unpaired) electrons. The van der Waals surface area contributed by atoms with Crippen LogP contribution in [0.2, 0.25) is 0 Å². The number of hydrogen-bond acceptors (Lipinski definition) is 4. The number of nitrogen functional groups attached to an aromatic ring is 1. The summed E-state index contributed by atoms with van der Waals surface area (Å²) >= 11 is 2.22. The van der Waals surface area contributed by atoms with Gasteiger partial charge in [-0.05, 0) is 52.9 Å². The van der Waals surface area contributed by atoms with Gasteiger partial charge in [-0.15, -0.1) is 0 Å². The molecule has 5 nitrogen and oxygen atoms in total. The standard InChI is InChI=1S/C13H12IN3O2/c14-10-2-1-3-12(6-10)19-8-11-5-4-9(7-16-11)13(18)17-15/h1-7H,8,15H2,(H,17,18). The van der Waals surface area contributed by atoms with Crippen molar-refractivity contribution in [2.45, 2.75) is 6.61 Å². The molecule has 0 aliphatic heterocycles. The molecule has 98 valence electrons. The Balaban J connectivity index is 1.98. The highest BCUT2D eigenvalue weighted by Gasteiger charge is 2.04. The molecular weight excluding hydrogens is 357 g/mol. The van der Waals surface area contributed by atoms with E-state index in [1.54, 1.807) is 12.1 Å². The molecule has 19 heavy (non-hydrogen) atoms. The average Bonchev–Trinajstić information content (AvgIpc) is 2.45. The predicted molar refractivity (Wildman–Crippen MR) is 79.4 cm³/mol. The summed E-state index contributed by atoms with van der Waals surface area (Å²) in [5.74, 6) is 5.46. The molecule has 6 heteroatoms. The number of nitrogens with one attached hydrogen (secondary N) is 1. The van der Waals surface area contributed by atoms with E-state index in [9.17, 15) is 4.79 Å². The van der Waals surface area contributed by atoms with Crippen molar-refractivity contribution in [3.63, 3.8) is 0 Å². The number of amides is 1. The summed E-state index contributed by atoms with van der Waals surface area (Å²) in [6.45, 7) is 0.352. The Morgan fingerprint density at radius 1 is 1.37 bits per heavy atom. The van der Waals surface area contributed by atoms with Gasteiger partial charge in [-0.25, -0.2) is 5.84 Å². The van der Waals surface area contributed by atoms with E-state index in [-0.39, 0.29) is 5.91 Å². The van der Waals surface area contributed by atoms with Gasteiger partial charge in [0.25, 0.3) is 5.91 Å². The molecule has 1 aromatic heterocycles. The van der Waals surface area contributed by atoms with E-state index in [2.05, 4.69) is 33.0 Å². The van der Waals surface area contributed by atoms with Crippen LogP contribution in [0.25, 0.3) is 0 Å². The van der Waals surface area contributed by atoms with Crippen LogP contribution in [0.5, 0.6) is 5.75 Å². The van der Waals surface area contributed by atoms with Crippen LogP contribution >= 0.6 is 22.6 Å². The van der Waals surface area contributed by atoms with Crippen LogP contribution in [0.3, 0.4) is 0 Å². The van der Waals surface area contributed by atoms with Crippen molar-refractivity contribution in [2.24, 2.45) is 5.84 Å². The van der Waals surface area contributed by atoms with Gasteiger partial charge in [-0.2, -0.15) is 0 Å². The number of hydrogen-bond donors (Lipinski definition) is 2. The SMILES string of the molecule is NNC(=O)c1ccc(COc2cccc(I)c2)nc1. The normalized spacial score (nSPS) is 10.0. The Morgan fingerprint density at radius 2 is 2.21 bits per heavy atom. The fraction of sp³-hybridized carbons (Fsp3) is 0.0769. The molecule has 0 spiro atoms. The third-order valence-electron chi connectivity index (χ3n) is 2.40. The van der Waals surface area contributed by atoms with E-state index in [0.29, 0.717) is 12.2 Å². The number of halogens is 1. The van der Waals surface area contributed by atoms with Crippen molar-refractivity contribution in [1.29, 1.82) is 0 Å². The lowest BCUT2D eigenvalue weighted by Gasteiger charge is -2.06. The predicted octanol–water partition coefficient (Wildman–Crippen LogP) is 1.87. The van der Waals surface area contributed by atoms with Crippen LogP contribution in [-0.4, -0.2) is 10.9 Å². The van der Waals surface area contributed by atoms with Gasteiger partial charge in [-0.3, -0.25) is 15.2 Å². The number of nitrogens with zero attached hydrogens (tertiary/aromatic N) is 1. The maximum absolute atomic E-state index is 11.2. The lowest BCUT2D eigenvalue weighted by atomic mass is 10.2. The van der Waals surface area contributed by atoms with Crippen LogP contribution < -0.4 is 16.0 Å². The molecule has 2 rings (SSSR count). The first-order valence-corrected chi connectivity index (χ1v) is 6.61. The molecule has 1 amide bonds. The summed E-state index contributed by atoms with van der Waals surface area (Å²) in [5.41, 5.74) is 3.21. The van der Waals surface area contributed by atoms with E-state index in [1.807, 2.05) is 24.3 Å². The van der Waals surface area contributed by atoms with Crippen LogP contribution in [0.1, 0.15) is 16.1 Å². The Kier molecular flexibility index (Phi) is 4.69. The molecule has 3 N–H and O–H groups in total. The molecule has 1 aromatic carbocycles. The fourth-order valence-electron chi connectivity index (χ4n) is 1.44. The fourth-order valence-corrected chi connectivity index (χ4v) is 1.96. The highest BCUT2D eigenvalue weighted by molar-refractivity contribution is 14.1. The van der Waals surface area contributed by atoms with Crippen molar-refractivity contribution in [1.82, 2.24) is 10.4 Å². The number of nitrogens with two attached hydrogens (primary N) is 1. The topological polar surface area (TPSA) is 77.2 Å². The van der Waals surface area contributed by atoms with Crippen molar-refractivity contribution >= 4 is 28.5 Å². The quantitative estimate of drug-likeness (QED) is 0.373. The molecule has 0 bridgehead atoms. The lowest BCUT2D eigenvalue weighted by molar-refractivity contribution is 0.0953. The molecule has 1 heterocycles. The van der Waals surface area contributed by atoms with Gasteiger partial charge in [0.1, 0.15) is 12.4 Å². The molecule has 0 unspecified atom stereocenters. The van der Waals surface area contributed by atoms with E-state index in [4.69, 9.17) is 10.6 Å². The minimum atomic E-state index is -0.363. The third kappa shape index (κ3) is 3.90. The van der Waals surface area contributed by atoms with Gasteiger partial charge in [-0.1, -0.05) is 6.07 Å². The van der Waals surface area contributed by atoms with Crippen LogP contribution in [0.4, 0.5) is 0 Å². The second-order valence-corrected chi connectivity index (χ2v) is 5.00. The molecular formula is C13H12IN3O2. The highest BCUT2D eigenvalue weighted by atomic mass is 127. The zero-order valence-corrected chi connectivity index (χ0v) is 12.1. The summed E-state index contributed by atoms with van der Waals surface area (Å²) in [7, 11) is 0. The monoisotopic (exact) mass is 369 g/mol. The number of aromatic nitrogens is 1. The summed E-state index contributed by atoms with van der Waals surface area (Å²) in [6.07, 6.45) is 1.47. The summed E-state index contributed by atoms with van der Waals surface area (Å²) < 4.78 is 6.72. The Bertz CT molecular complexity index is 572. The van der Waals surface area contributed by atoms with Gasteiger partial charge >= 0.3 is 0 Å². The first kappa shape index (κ1) is 13.8. The molecule has 0 saturated carbocycles. The number of rotatable bonds is 4. The largest absolute Gasteiger partial charge is 0.487 e. The Hall–Kier alpha value is -1.67. The molecule has 0 aliphatic carbocycles. The average molecular weight is 369 g/mol. The maximum Gasteiger partial charge on any atom is 0.266 e. The van der Waals surface area contributed by atoms with Crippen molar-refractivity contribution in [3.05, 3.63) is 57.4 Å². The van der Waals surface area contributed by atoms with Crippen LogP contribution in [0, 0.1) is 3.57 Å². The van der Waals surface area contributed by atoms with Crippen molar-refractivity contribution in [2.75, 3.05) is 0 Å². The number of carbonyl (C=O) groups is 1. The summed E-state index contributed by atoms with van der Waals surface area (Å²) in [6, 6.07) is 11.1. The number of hydrazine groups is 1.